The number of aromatic nitrogens is 1. The minimum absolute atomic E-state index is 0.877. The molecule has 2 nitrogen and oxygen atoms in total. The van der Waals surface area contributed by atoms with Gasteiger partial charge in [-0.15, -0.1) is 11.3 Å². The molecule has 84 valence electrons. The molecule has 1 aromatic carbocycles. The van der Waals surface area contributed by atoms with Crippen LogP contribution in [-0.2, 0) is 6.42 Å². The number of hydrogen-bond donors (Lipinski definition) is 0. The van der Waals surface area contributed by atoms with Crippen molar-refractivity contribution >= 4 is 11.3 Å². The van der Waals surface area contributed by atoms with Crippen LogP contribution in [0.3, 0.4) is 0 Å². The Balaban J connectivity index is 2.27. The molecule has 0 saturated heterocycles. The smallest absolute Gasteiger partial charge is 0.119 e. The van der Waals surface area contributed by atoms with Crippen molar-refractivity contribution in [1.82, 2.24) is 4.98 Å². The molecule has 0 aliphatic carbocycles. The van der Waals surface area contributed by atoms with Gasteiger partial charge in [0.25, 0.3) is 0 Å². The number of rotatable bonds is 4. The quantitative estimate of drug-likeness (QED) is 0.802. The molecule has 0 N–H and O–H groups in total. The van der Waals surface area contributed by atoms with Crippen molar-refractivity contribution in [1.29, 1.82) is 0 Å². The second-order valence-electron chi connectivity index (χ2n) is 3.61. The summed E-state index contributed by atoms with van der Waals surface area (Å²) in [6.07, 6.45) is 2.21. The number of benzene rings is 1. The van der Waals surface area contributed by atoms with Gasteiger partial charge in [0, 0.05) is 10.9 Å². The zero-order chi connectivity index (χ0) is 11.4. The van der Waals surface area contributed by atoms with Gasteiger partial charge in [-0.05, 0) is 25.0 Å². The Morgan fingerprint density at radius 3 is 3.00 bits per heavy atom. The zero-order valence-corrected chi connectivity index (χ0v) is 10.4. The summed E-state index contributed by atoms with van der Waals surface area (Å²) < 4.78 is 5.21. The second-order valence-corrected chi connectivity index (χ2v) is 4.55. The molecule has 0 fully saturated rings. The normalized spacial score (nSPS) is 10.4. The molecule has 0 radical (unpaired) electrons. The number of aryl methyl sites for hydroxylation is 1. The van der Waals surface area contributed by atoms with Crippen LogP contribution in [0.1, 0.15) is 18.4 Å². The summed E-state index contributed by atoms with van der Waals surface area (Å²) in [6, 6.07) is 8.02. The summed E-state index contributed by atoms with van der Waals surface area (Å²) in [5, 5.41) is 3.32. The monoisotopic (exact) mass is 233 g/mol. The lowest BCUT2D eigenvalue weighted by atomic mass is 10.1. The molecule has 2 rings (SSSR count). The van der Waals surface area contributed by atoms with Gasteiger partial charge in [0.15, 0.2) is 0 Å². The summed E-state index contributed by atoms with van der Waals surface area (Å²) in [5.41, 5.74) is 2.17. The molecule has 16 heavy (non-hydrogen) atoms. The molecule has 0 saturated carbocycles. The number of thiazole rings is 1. The lowest BCUT2D eigenvalue weighted by molar-refractivity contribution is 0.415. The Morgan fingerprint density at radius 1 is 1.38 bits per heavy atom. The van der Waals surface area contributed by atoms with Crippen LogP contribution < -0.4 is 4.74 Å². The average molecular weight is 233 g/mol. The van der Waals surface area contributed by atoms with Crippen LogP contribution in [-0.4, -0.2) is 12.1 Å². The van der Waals surface area contributed by atoms with E-state index in [0.29, 0.717) is 0 Å². The highest BCUT2D eigenvalue weighted by Gasteiger charge is 2.04. The van der Waals surface area contributed by atoms with Crippen LogP contribution >= 0.6 is 11.3 Å². The van der Waals surface area contributed by atoms with Crippen LogP contribution in [0.15, 0.2) is 29.6 Å². The van der Waals surface area contributed by atoms with Gasteiger partial charge in [-0.1, -0.05) is 19.1 Å². The first-order valence-corrected chi connectivity index (χ1v) is 6.30. The standard InChI is InChI=1S/C13H15NOS/c1-3-5-13-14-12(9-16-13)10-6-4-7-11(8-10)15-2/h4,6-9H,3,5H2,1-2H3. The van der Waals surface area contributed by atoms with Crippen molar-refractivity contribution in [3.05, 3.63) is 34.7 Å². The second kappa shape index (κ2) is 5.12. The summed E-state index contributed by atoms with van der Waals surface area (Å²) in [7, 11) is 1.68. The topological polar surface area (TPSA) is 22.1 Å². The van der Waals surface area contributed by atoms with E-state index < -0.39 is 0 Å². The van der Waals surface area contributed by atoms with E-state index >= 15 is 0 Å². The fraction of sp³-hybridized carbons (Fsp3) is 0.308. The van der Waals surface area contributed by atoms with E-state index in [9.17, 15) is 0 Å². The Kier molecular flexibility index (Phi) is 3.57. The molecule has 1 heterocycles. The summed E-state index contributed by atoms with van der Waals surface area (Å²) in [6.45, 7) is 2.17. The Hall–Kier alpha value is -1.35. The molecule has 0 atom stereocenters. The highest BCUT2D eigenvalue weighted by atomic mass is 32.1. The Bertz CT molecular complexity index is 464. The first kappa shape index (κ1) is 11.1. The molecular weight excluding hydrogens is 218 g/mol. The largest absolute Gasteiger partial charge is 0.497 e. The molecule has 0 bridgehead atoms. The fourth-order valence-corrected chi connectivity index (χ4v) is 2.46. The van der Waals surface area contributed by atoms with Crippen molar-refractivity contribution in [2.45, 2.75) is 19.8 Å². The predicted octanol–water partition coefficient (Wildman–Crippen LogP) is 3.77. The average Bonchev–Trinajstić information content (AvgIpc) is 2.78. The molecule has 2 aromatic rings. The van der Waals surface area contributed by atoms with Crippen LogP contribution in [0.4, 0.5) is 0 Å². The maximum atomic E-state index is 5.21. The fourth-order valence-electron chi connectivity index (χ4n) is 1.55. The highest BCUT2D eigenvalue weighted by molar-refractivity contribution is 7.09. The van der Waals surface area contributed by atoms with E-state index in [1.165, 1.54) is 5.01 Å². The molecule has 0 aliphatic rings. The van der Waals surface area contributed by atoms with Crippen LogP contribution in [0.25, 0.3) is 11.3 Å². The van der Waals surface area contributed by atoms with Crippen molar-refractivity contribution in [3.63, 3.8) is 0 Å². The molecule has 1 aromatic heterocycles. The SMILES string of the molecule is CCCc1nc(-c2cccc(OC)c2)cs1. The van der Waals surface area contributed by atoms with Crippen LogP contribution in [0, 0.1) is 0 Å². The van der Waals surface area contributed by atoms with E-state index in [4.69, 9.17) is 4.74 Å². The first-order valence-electron chi connectivity index (χ1n) is 5.42. The van der Waals surface area contributed by atoms with Crippen molar-refractivity contribution in [3.8, 4) is 17.0 Å². The Labute approximate surface area is 99.9 Å². The number of hydrogen-bond acceptors (Lipinski definition) is 3. The third-order valence-corrected chi connectivity index (χ3v) is 3.29. The minimum atomic E-state index is 0.877. The van der Waals surface area contributed by atoms with Gasteiger partial charge >= 0.3 is 0 Å². The third-order valence-electron chi connectivity index (χ3n) is 2.38. The van der Waals surface area contributed by atoms with Crippen LogP contribution in [0.5, 0.6) is 5.75 Å². The predicted molar refractivity (Wildman–Crippen MR) is 68.1 cm³/mol. The van der Waals surface area contributed by atoms with Gasteiger partial charge in [-0.25, -0.2) is 4.98 Å². The van der Waals surface area contributed by atoms with Gasteiger partial charge in [0.05, 0.1) is 17.8 Å². The van der Waals surface area contributed by atoms with Crippen molar-refractivity contribution in [2.75, 3.05) is 7.11 Å². The molecule has 0 aliphatic heterocycles. The van der Waals surface area contributed by atoms with E-state index in [2.05, 4.69) is 23.4 Å². The van der Waals surface area contributed by atoms with Gasteiger partial charge in [-0.3, -0.25) is 0 Å². The van der Waals surface area contributed by atoms with Crippen LogP contribution in [0.2, 0.25) is 0 Å². The maximum absolute atomic E-state index is 5.21. The van der Waals surface area contributed by atoms with Gasteiger partial charge in [-0.2, -0.15) is 0 Å². The molecule has 0 unspecified atom stereocenters. The molecule has 0 amide bonds. The summed E-state index contributed by atoms with van der Waals surface area (Å²) in [4.78, 5) is 4.61. The first-order chi connectivity index (χ1) is 7.83. The van der Waals surface area contributed by atoms with Crippen molar-refractivity contribution < 1.29 is 4.74 Å². The Morgan fingerprint density at radius 2 is 2.25 bits per heavy atom. The number of ether oxygens (including phenoxy) is 1. The number of methoxy groups -OCH3 is 1. The van der Waals surface area contributed by atoms with Gasteiger partial charge in [0.1, 0.15) is 5.75 Å². The van der Waals surface area contributed by atoms with E-state index in [1.807, 2.05) is 18.2 Å². The summed E-state index contributed by atoms with van der Waals surface area (Å²) >= 11 is 1.73. The lowest BCUT2D eigenvalue weighted by Gasteiger charge is -2.01. The number of nitrogens with zero attached hydrogens (tertiary/aromatic N) is 1. The lowest BCUT2D eigenvalue weighted by Crippen LogP contribution is -1.85. The zero-order valence-electron chi connectivity index (χ0n) is 9.56. The highest BCUT2D eigenvalue weighted by Crippen LogP contribution is 2.25. The minimum Gasteiger partial charge on any atom is -0.497 e. The van der Waals surface area contributed by atoms with Gasteiger partial charge in [0.2, 0.25) is 0 Å². The van der Waals surface area contributed by atoms with Crippen molar-refractivity contribution in [2.24, 2.45) is 0 Å². The third kappa shape index (κ3) is 2.42. The van der Waals surface area contributed by atoms with E-state index in [-0.39, 0.29) is 0 Å². The molecular formula is C13H15NOS. The molecule has 3 heteroatoms. The summed E-state index contributed by atoms with van der Waals surface area (Å²) in [5.74, 6) is 0.877. The maximum Gasteiger partial charge on any atom is 0.119 e. The van der Waals surface area contributed by atoms with Gasteiger partial charge < -0.3 is 4.74 Å². The molecule has 0 spiro atoms. The van der Waals surface area contributed by atoms with E-state index in [1.54, 1.807) is 18.4 Å². The van der Waals surface area contributed by atoms with E-state index in [0.717, 1.165) is 29.8 Å².